The summed E-state index contributed by atoms with van der Waals surface area (Å²) < 4.78 is 14.1. The second-order valence-electron chi connectivity index (χ2n) is 9.08. The Kier molecular flexibility index (Phi) is 8.72. The molecule has 0 aliphatic rings. The maximum Gasteiger partial charge on any atom is 0.247 e. The number of nitrogens with zero attached hydrogens (tertiary/aromatic N) is 5. The Bertz CT molecular complexity index is 1500. The third-order valence-corrected chi connectivity index (χ3v) is 6.60. The summed E-state index contributed by atoms with van der Waals surface area (Å²) in [6, 6.07) is 11.4. The molecule has 0 saturated carbocycles. The normalized spacial score (nSPS) is 10.9. The second kappa shape index (κ2) is 12.2. The number of hydrogen-bond acceptors (Lipinski definition) is 8. The fraction of sp³-hybridized carbons (Fsp3) is 0.250. The topological polar surface area (TPSA) is 96.8 Å². The molecule has 0 fully saturated rings. The van der Waals surface area contributed by atoms with Gasteiger partial charge in [0, 0.05) is 48.5 Å². The number of likely N-dealkylation sites (N-methyl/N-ethyl adjacent to an activating group) is 2. The Labute approximate surface area is 236 Å². The summed E-state index contributed by atoms with van der Waals surface area (Å²) in [6.45, 7) is 5.17. The van der Waals surface area contributed by atoms with Crippen LogP contribution >= 0.6 is 15.9 Å². The van der Waals surface area contributed by atoms with Crippen molar-refractivity contribution < 1.29 is 14.3 Å². The quantitative estimate of drug-likeness (QED) is 0.233. The van der Waals surface area contributed by atoms with Crippen LogP contribution in [0.2, 0.25) is 0 Å². The van der Waals surface area contributed by atoms with Gasteiger partial charge in [-0.15, -0.1) is 0 Å². The third kappa shape index (κ3) is 6.32. The minimum Gasteiger partial charge on any atom is -0.496 e. The molecule has 204 valence electrons. The van der Waals surface area contributed by atoms with Gasteiger partial charge in [0.25, 0.3) is 0 Å². The van der Waals surface area contributed by atoms with Crippen molar-refractivity contribution in [2.75, 3.05) is 64.0 Å². The zero-order valence-electron chi connectivity index (χ0n) is 22.7. The molecule has 39 heavy (non-hydrogen) atoms. The maximum atomic E-state index is 12.3. The Morgan fingerprint density at radius 2 is 1.85 bits per heavy atom. The molecule has 0 atom stereocenters. The van der Waals surface area contributed by atoms with E-state index < -0.39 is 0 Å². The van der Waals surface area contributed by atoms with Gasteiger partial charge >= 0.3 is 0 Å². The number of hydrogen-bond donors (Lipinski definition) is 2. The van der Waals surface area contributed by atoms with Crippen LogP contribution < -0.4 is 25.0 Å². The third-order valence-electron chi connectivity index (χ3n) is 6.14. The Morgan fingerprint density at radius 3 is 2.54 bits per heavy atom. The number of carbonyl (C=O) groups is 1. The lowest BCUT2D eigenvalue weighted by atomic mass is 10.2. The predicted molar refractivity (Wildman–Crippen MR) is 160 cm³/mol. The van der Waals surface area contributed by atoms with Gasteiger partial charge in [-0.25, -0.2) is 4.98 Å². The summed E-state index contributed by atoms with van der Waals surface area (Å²) in [7, 11) is 9.25. The number of rotatable bonds is 11. The first-order valence-corrected chi connectivity index (χ1v) is 13.0. The lowest BCUT2D eigenvalue weighted by molar-refractivity contribution is -0.111. The van der Waals surface area contributed by atoms with Crippen LogP contribution in [-0.4, -0.2) is 73.8 Å². The molecule has 10 nitrogen and oxygen atoms in total. The maximum absolute atomic E-state index is 12.3. The van der Waals surface area contributed by atoms with E-state index in [9.17, 15) is 4.79 Å². The van der Waals surface area contributed by atoms with E-state index in [2.05, 4.69) is 47.9 Å². The molecule has 2 heterocycles. The molecule has 2 aromatic heterocycles. The largest absolute Gasteiger partial charge is 0.496 e. The number of nitrogens with one attached hydrogen (secondary N) is 2. The molecule has 0 aliphatic heterocycles. The standard InChI is InChI=1S/C28H32BrN7O3/c1-7-27(37)31-20-16-21(25(39-6)17-23(20)35(4)13-12-34(2)3)32-28-30-10-8-26(33-28)36-11-9-19-22(36)14-18(29)15-24(19)38-5/h7-11,14-17H,1,12-13H2,2-6H3,(H,31,37)(H,30,32,33). The summed E-state index contributed by atoms with van der Waals surface area (Å²) >= 11 is 3.56. The van der Waals surface area contributed by atoms with E-state index in [1.54, 1.807) is 20.4 Å². The van der Waals surface area contributed by atoms with E-state index in [0.29, 0.717) is 28.9 Å². The molecule has 0 radical (unpaired) electrons. The highest BCUT2D eigenvalue weighted by atomic mass is 79.9. The number of halogens is 1. The van der Waals surface area contributed by atoms with Crippen molar-refractivity contribution in [2.45, 2.75) is 0 Å². The number of carbonyl (C=O) groups excluding carboxylic acids is 1. The molecule has 0 unspecified atom stereocenters. The van der Waals surface area contributed by atoms with E-state index in [0.717, 1.165) is 39.9 Å². The SMILES string of the molecule is C=CC(=O)Nc1cc(Nc2nccc(-n3ccc4c(OC)cc(Br)cc43)n2)c(OC)cc1N(C)CCN(C)C. The van der Waals surface area contributed by atoms with Crippen LogP contribution in [0.3, 0.4) is 0 Å². The van der Waals surface area contributed by atoms with Gasteiger partial charge in [0.15, 0.2) is 0 Å². The smallest absolute Gasteiger partial charge is 0.247 e. The Balaban J connectivity index is 1.71. The lowest BCUT2D eigenvalue weighted by Crippen LogP contribution is -2.29. The van der Waals surface area contributed by atoms with Crippen LogP contribution in [0.4, 0.5) is 23.0 Å². The molecular weight excluding hydrogens is 562 g/mol. The van der Waals surface area contributed by atoms with Crippen LogP contribution in [0, 0.1) is 0 Å². The number of ether oxygens (including phenoxy) is 2. The van der Waals surface area contributed by atoms with E-state index in [1.807, 2.05) is 68.3 Å². The van der Waals surface area contributed by atoms with E-state index >= 15 is 0 Å². The summed E-state index contributed by atoms with van der Waals surface area (Å²) in [5, 5.41) is 7.13. The average molecular weight is 595 g/mol. The van der Waals surface area contributed by atoms with Crippen molar-refractivity contribution in [3.8, 4) is 17.3 Å². The molecule has 11 heteroatoms. The first-order chi connectivity index (χ1) is 18.7. The van der Waals surface area contributed by atoms with Crippen molar-refractivity contribution in [1.82, 2.24) is 19.4 Å². The van der Waals surface area contributed by atoms with Gasteiger partial charge in [-0.1, -0.05) is 22.5 Å². The molecule has 4 rings (SSSR count). The van der Waals surface area contributed by atoms with Crippen molar-refractivity contribution in [1.29, 1.82) is 0 Å². The molecule has 0 spiro atoms. The van der Waals surface area contributed by atoms with E-state index in [-0.39, 0.29) is 5.91 Å². The van der Waals surface area contributed by atoms with Crippen molar-refractivity contribution in [2.24, 2.45) is 0 Å². The first-order valence-electron chi connectivity index (χ1n) is 12.2. The average Bonchev–Trinajstić information content (AvgIpc) is 3.35. The highest BCUT2D eigenvalue weighted by Crippen LogP contribution is 2.38. The zero-order valence-corrected chi connectivity index (χ0v) is 24.2. The van der Waals surface area contributed by atoms with Gasteiger partial charge in [-0.05, 0) is 50.5 Å². The summed E-state index contributed by atoms with van der Waals surface area (Å²) in [5.41, 5.74) is 2.94. The van der Waals surface area contributed by atoms with Crippen LogP contribution in [0.5, 0.6) is 11.5 Å². The zero-order chi connectivity index (χ0) is 28.1. The number of fused-ring (bicyclic) bond motifs is 1. The van der Waals surface area contributed by atoms with Gasteiger partial charge < -0.3 is 34.5 Å². The molecular formula is C28H32BrN7O3. The number of aromatic nitrogens is 3. The van der Waals surface area contributed by atoms with Crippen LogP contribution in [0.25, 0.3) is 16.7 Å². The van der Waals surface area contributed by atoms with Gasteiger partial charge in [0.05, 0.1) is 36.8 Å². The molecule has 0 aliphatic carbocycles. The highest BCUT2D eigenvalue weighted by molar-refractivity contribution is 9.10. The molecule has 2 aromatic carbocycles. The monoisotopic (exact) mass is 593 g/mol. The van der Waals surface area contributed by atoms with Crippen molar-refractivity contribution >= 4 is 55.8 Å². The van der Waals surface area contributed by atoms with Gasteiger partial charge in [-0.2, -0.15) is 4.98 Å². The fourth-order valence-electron chi connectivity index (χ4n) is 4.11. The molecule has 0 bridgehead atoms. The first kappa shape index (κ1) is 27.9. The minimum absolute atomic E-state index is 0.312. The van der Waals surface area contributed by atoms with E-state index in [4.69, 9.17) is 14.5 Å². The number of amides is 1. The van der Waals surface area contributed by atoms with Gasteiger partial charge in [0.2, 0.25) is 11.9 Å². The number of benzene rings is 2. The van der Waals surface area contributed by atoms with Crippen LogP contribution in [0.1, 0.15) is 0 Å². The van der Waals surface area contributed by atoms with Gasteiger partial charge in [-0.3, -0.25) is 4.79 Å². The van der Waals surface area contributed by atoms with Gasteiger partial charge in [0.1, 0.15) is 17.3 Å². The Hall–Kier alpha value is -4.09. The molecule has 1 amide bonds. The summed E-state index contributed by atoms with van der Waals surface area (Å²) in [4.78, 5) is 25.6. The van der Waals surface area contributed by atoms with Crippen LogP contribution in [-0.2, 0) is 4.79 Å². The number of anilines is 4. The number of methoxy groups -OCH3 is 2. The molecule has 0 saturated heterocycles. The molecule has 4 aromatic rings. The minimum atomic E-state index is -0.312. The lowest BCUT2D eigenvalue weighted by Gasteiger charge is -2.26. The highest BCUT2D eigenvalue weighted by Gasteiger charge is 2.17. The summed E-state index contributed by atoms with van der Waals surface area (Å²) in [6.07, 6.45) is 4.86. The summed E-state index contributed by atoms with van der Waals surface area (Å²) in [5.74, 6) is 2.06. The van der Waals surface area contributed by atoms with Crippen molar-refractivity contribution in [3.63, 3.8) is 0 Å². The second-order valence-corrected chi connectivity index (χ2v) is 9.99. The van der Waals surface area contributed by atoms with Crippen LogP contribution in [0.15, 0.2) is 65.9 Å². The van der Waals surface area contributed by atoms with E-state index in [1.165, 1.54) is 6.08 Å². The predicted octanol–water partition coefficient (Wildman–Crippen LogP) is 5.07. The Morgan fingerprint density at radius 1 is 1.08 bits per heavy atom. The molecule has 2 N–H and O–H groups in total. The fourth-order valence-corrected chi connectivity index (χ4v) is 4.54. The van der Waals surface area contributed by atoms with Crippen molar-refractivity contribution in [3.05, 3.63) is 65.9 Å².